The normalized spacial score (nSPS) is 11.5. The van der Waals surface area contributed by atoms with E-state index in [9.17, 15) is 4.39 Å². The molecule has 0 aliphatic carbocycles. The third-order valence-electron chi connectivity index (χ3n) is 4.37. The summed E-state index contributed by atoms with van der Waals surface area (Å²) >= 11 is 0. The molecule has 2 aromatic carbocycles. The maximum absolute atomic E-state index is 13.2. The Labute approximate surface area is 164 Å². The lowest BCUT2D eigenvalue weighted by Crippen LogP contribution is -2.38. The van der Waals surface area contributed by atoms with Gasteiger partial charge in [-0.1, -0.05) is 24.3 Å². The van der Waals surface area contributed by atoms with E-state index in [1.807, 2.05) is 54.8 Å². The SMILES string of the molecule is CCNC(=NCc1nncn1-c1ccccc1)NCCc1ccc(F)cc1C. The number of aliphatic imine (C=N–C) groups is 1. The Morgan fingerprint density at radius 1 is 1.14 bits per heavy atom. The third-order valence-corrected chi connectivity index (χ3v) is 4.37. The molecule has 0 fully saturated rings. The van der Waals surface area contributed by atoms with Crippen LogP contribution in [0.25, 0.3) is 5.69 Å². The van der Waals surface area contributed by atoms with Crippen LogP contribution in [0.2, 0.25) is 0 Å². The second kappa shape index (κ2) is 9.64. The van der Waals surface area contributed by atoms with Gasteiger partial charge in [0.05, 0.1) is 0 Å². The summed E-state index contributed by atoms with van der Waals surface area (Å²) in [7, 11) is 0. The van der Waals surface area contributed by atoms with Crippen molar-refractivity contribution >= 4 is 5.96 Å². The van der Waals surface area contributed by atoms with Crippen LogP contribution in [-0.2, 0) is 13.0 Å². The molecule has 2 N–H and O–H groups in total. The standard InChI is InChI=1S/C21H25FN6/c1-3-23-21(24-12-11-17-9-10-18(22)13-16(17)2)25-14-20-27-26-15-28(20)19-7-5-4-6-8-19/h4-10,13,15H,3,11-12,14H2,1-2H3,(H2,23,24,25). The van der Waals surface area contributed by atoms with Gasteiger partial charge in [-0.15, -0.1) is 10.2 Å². The van der Waals surface area contributed by atoms with Gasteiger partial charge in [-0.05, 0) is 55.7 Å². The van der Waals surface area contributed by atoms with Gasteiger partial charge in [-0.3, -0.25) is 4.57 Å². The number of aromatic nitrogens is 3. The average molecular weight is 380 g/mol. The van der Waals surface area contributed by atoms with Crippen LogP contribution in [0.4, 0.5) is 4.39 Å². The second-order valence-electron chi connectivity index (χ2n) is 6.40. The molecule has 7 heteroatoms. The van der Waals surface area contributed by atoms with Gasteiger partial charge in [0.25, 0.3) is 0 Å². The highest BCUT2D eigenvalue weighted by molar-refractivity contribution is 5.79. The molecule has 0 atom stereocenters. The van der Waals surface area contributed by atoms with Crippen LogP contribution in [0.3, 0.4) is 0 Å². The molecule has 1 aromatic heterocycles. The number of nitrogens with zero attached hydrogens (tertiary/aromatic N) is 4. The molecule has 0 aliphatic heterocycles. The molecule has 0 saturated heterocycles. The lowest BCUT2D eigenvalue weighted by atomic mass is 10.1. The molecule has 0 bridgehead atoms. The van der Waals surface area contributed by atoms with Gasteiger partial charge >= 0.3 is 0 Å². The van der Waals surface area contributed by atoms with E-state index in [0.717, 1.165) is 35.6 Å². The predicted molar refractivity (Wildman–Crippen MR) is 109 cm³/mol. The van der Waals surface area contributed by atoms with Crippen molar-refractivity contribution in [1.82, 2.24) is 25.4 Å². The maximum Gasteiger partial charge on any atom is 0.191 e. The van der Waals surface area contributed by atoms with Gasteiger partial charge in [0.2, 0.25) is 0 Å². The summed E-state index contributed by atoms with van der Waals surface area (Å²) < 4.78 is 15.2. The van der Waals surface area contributed by atoms with E-state index in [1.165, 1.54) is 6.07 Å². The first kappa shape index (κ1) is 19.5. The Morgan fingerprint density at radius 3 is 2.71 bits per heavy atom. The summed E-state index contributed by atoms with van der Waals surface area (Å²) in [5, 5.41) is 14.8. The van der Waals surface area contributed by atoms with E-state index < -0.39 is 0 Å². The van der Waals surface area contributed by atoms with Crippen molar-refractivity contribution < 1.29 is 4.39 Å². The second-order valence-corrected chi connectivity index (χ2v) is 6.40. The Hall–Kier alpha value is -3.22. The number of nitrogens with one attached hydrogen (secondary N) is 2. The zero-order valence-electron chi connectivity index (χ0n) is 16.2. The number of benzene rings is 2. The monoisotopic (exact) mass is 380 g/mol. The Kier molecular flexibility index (Phi) is 6.73. The number of hydrogen-bond acceptors (Lipinski definition) is 3. The van der Waals surface area contributed by atoms with Crippen molar-refractivity contribution in [2.45, 2.75) is 26.8 Å². The van der Waals surface area contributed by atoms with Crippen LogP contribution < -0.4 is 10.6 Å². The minimum Gasteiger partial charge on any atom is -0.357 e. The van der Waals surface area contributed by atoms with Gasteiger partial charge in [0, 0.05) is 18.8 Å². The van der Waals surface area contributed by atoms with E-state index in [0.29, 0.717) is 19.0 Å². The van der Waals surface area contributed by atoms with Crippen molar-refractivity contribution in [2.75, 3.05) is 13.1 Å². The highest BCUT2D eigenvalue weighted by Gasteiger charge is 2.07. The topological polar surface area (TPSA) is 67.1 Å². The van der Waals surface area contributed by atoms with Crippen molar-refractivity contribution in [1.29, 1.82) is 0 Å². The van der Waals surface area contributed by atoms with Crippen LogP contribution in [0.5, 0.6) is 0 Å². The van der Waals surface area contributed by atoms with Crippen molar-refractivity contribution in [2.24, 2.45) is 4.99 Å². The molecule has 28 heavy (non-hydrogen) atoms. The first-order chi connectivity index (χ1) is 13.7. The smallest absolute Gasteiger partial charge is 0.191 e. The van der Waals surface area contributed by atoms with Crippen LogP contribution in [0.15, 0.2) is 59.9 Å². The minimum atomic E-state index is -0.202. The first-order valence-corrected chi connectivity index (χ1v) is 9.39. The molecule has 3 rings (SSSR count). The van der Waals surface area contributed by atoms with Crippen molar-refractivity contribution in [3.05, 3.63) is 77.6 Å². The van der Waals surface area contributed by atoms with Crippen LogP contribution in [0.1, 0.15) is 23.9 Å². The van der Waals surface area contributed by atoms with E-state index in [1.54, 1.807) is 12.4 Å². The van der Waals surface area contributed by atoms with Crippen LogP contribution in [-0.4, -0.2) is 33.8 Å². The zero-order chi connectivity index (χ0) is 19.8. The average Bonchev–Trinajstić information content (AvgIpc) is 3.17. The summed E-state index contributed by atoms with van der Waals surface area (Å²) in [4.78, 5) is 4.62. The van der Waals surface area contributed by atoms with Gasteiger partial charge in [-0.2, -0.15) is 0 Å². The highest BCUT2D eigenvalue weighted by Crippen LogP contribution is 2.11. The molecule has 0 aliphatic rings. The molecule has 0 amide bonds. The van der Waals surface area contributed by atoms with Crippen molar-refractivity contribution in [3.8, 4) is 5.69 Å². The molecule has 146 valence electrons. The van der Waals surface area contributed by atoms with Gasteiger partial charge in [0.1, 0.15) is 18.7 Å². The molecule has 0 spiro atoms. The van der Waals surface area contributed by atoms with Crippen LogP contribution in [0, 0.1) is 12.7 Å². The molecule has 0 radical (unpaired) electrons. The largest absolute Gasteiger partial charge is 0.357 e. The van der Waals surface area contributed by atoms with Crippen LogP contribution >= 0.6 is 0 Å². The molecular weight excluding hydrogens is 355 g/mol. The molecule has 1 heterocycles. The summed E-state index contributed by atoms with van der Waals surface area (Å²) in [6.07, 6.45) is 2.48. The molecule has 3 aromatic rings. The highest BCUT2D eigenvalue weighted by atomic mass is 19.1. The van der Waals surface area contributed by atoms with Gasteiger partial charge < -0.3 is 10.6 Å². The van der Waals surface area contributed by atoms with E-state index in [4.69, 9.17) is 0 Å². The van der Waals surface area contributed by atoms with E-state index in [2.05, 4.69) is 25.8 Å². The summed E-state index contributed by atoms with van der Waals surface area (Å²) in [5.74, 6) is 1.27. The number of halogens is 1. The van der Waals surface area contributed by atoms with Gasteiger partial charge in [0.15, 0.2) is 11.8 Å². The zero-order valence-corrected chi connectivity index (χ0v) is 16.2. The first-order valence-electron chi connectivity index (χ1n) is 9.39. The summed E-state index contributed by atoms with van der Waals surface area (Å²) in [6, 6.07) is 14.8. The lowest BCUT2D eigenvalue weighted by molar-refractivity contribution is 0.625. The quantitative estimate of drug-likeness (QED) is 0.488. The number of para-hydroxylation sites is 1. The number of rotatable bonds is 7. The minimum absolute atomic E-state index is 0.202. The Balaban J connectivity index is 1.63. The fourth-order valence-electron chi connectivity index (χ4n) is 2.92. The molecule has 0 unspecified atom stereocenters. The molecule has 0 saturated carbocycles. The van der Waals surface area contributed by atoms with Gasteiger partial charge in [-0.25, -0.2) is 9.38 Å². The predicted octanol–water partition coefficient (Wildman–Crippen LogP) is 3.01. The fourth-order valence-corrected chi connectivity index (χ4v) is 2.92. The summed E-state index contributed by atoms with van der Waals surface area (Å²) in [6.45, 7) is 5.80. The lowest BCUT2D eigenvalue weighted by Gasteiger charge is -2.12. The van der Waals surface area contributed by atoms with E-state index in [-0.39, 0.29) is 5.82 Å². The Bertz CT molecular complexity index is 920. The summed E-state index contributed by atoms with van der Waals surface area (Å²) in [5.41, 5.74) is 3.08. The third kappa shape index (κ3) is 5.16. The Morgan fingerprint density at radius 2 is 1.96 bits per heavy atom. The van der Waals surface area contributed by atoms with E-state index >= 15 is 0 Å². The molecule has 6 nitrogen and oxygen atoms in total. The maximum atomic E-state index is 13.2. The van der Waals surface area contributed by atoms with Crippen molar-refractivity contribution in [3.63, 3.8) is 0 Å². The molecular formula is C21H25FN6. The fraction of sp³-hybridized carbons (Fsp3) is 0.286. The number of aryl methyl sites for hydroxylation is 1. The number of guanidine groups is 1. The number of hydrogen-bond donors (Lipinski definition) is 2.